The highest BCUT2D eigenvalue weighted by molar-refractivity contribution is 5.55. The topological polar surface area (TPSA) is 29.3 Å². The van der Waals surface area contributed by atoms with Crippen LogP contribution in [-0.2, 0) is 6.54 Å². The maximum Gasteiger partial charge on any atom is 0.130 e. The van der Waals surface area contributed by atoms with E-state index in [0.717, 1.165) is 18.8 Å². The number of nitrogens with zero attached hydrogens (tertiary/aromatic N) is 1. The molecule has 2 nitrogen and oxygen atoms in total. The zero-order valence-electron chi connectivity index (χ0n) is 12.0. The zero-order chi connectivity index (χ0) is 14.5. The molecule has 0 aromatic heterocycles. The van der Waals surface area contributed by atoms with Crippen LogP contribution in [0.4, 0.5) is 10.1 Å². The highest BCUT2D eigenvalue weighted by Crippen LogP contribution is 2.28. The Kier molecular flexibility index (Phi) is 4.74. The smallest absolute Gasteiger partial charge is 0.130 e. The van der Waals surface area contributed by atoms with E-state index in [0.29, 0.717) is 5.56 Å². The maximum atomic E-state index is 14.0. The first kappa shape index (κ1) is 14.5. The zero-order valence-corrected chi connectivity index (χ0v) is 12.0. The van der Waals surface area contributed by atoms with Crippen molar-refractivity contribution >= 4 is 5.69 Å². The van der Waals surface area contributed by atoms with Crippen LogP contribution < -0.4 is 10.6 Å². The van der Waals surface area contributed by atoms with Gasteiger partial charge in [0.15, 0.2) is 0 Å². The van der Waals surface area contributed by atoms with Crippen molar-refractivity contribution in [3.8, 4) is 0 Å². The average molecular weight is 272 g/mol. The van der Waals surface area contributed by atoms with Crippen molar-refractivity contribution in [1.82, 2.24) is 0 Å². The van der Waals surface area contributed by atoms with Crippen LogP contribution in [0.25, 0.3) is 0 Å². The first-order valence-electron chi connectivity index (χ1n) is 6.96. The molecular weight excluding hydrogens is 251 g/mol. The molecule has 0 spiro atoms. The number of halogens is 1. The van der Waals surface area contributed by atoms with Crippen molar-refractivity contribution < 1.29 is 4.39 Å². The SMILES string of the molecule is CCN(Cc1ccccc1)c1cccc(F)c1[C@H](C)N. The third kappa shape index (κ3) is 3.17. The summed E-state index contributed by atoms with van der Waals surface area (Å²) in [7, 11) is 0. The second-order valence-corrected chi connectivity index (χ2v) is 4.96. The molecule has 0 heterocycles. The lowest BCUT2D eigenvalue weighted by atomic mass is 10.0. The number of nitrogens with two attached hydrogens (primary N) is 1. The Morgan fingerprint density at radius 1 is 1.10 bits per heavy atom. The van der Waals surface area contributed by atoms with E-state index in [2.05, 4.69) is 24.0 Å². The molecule has 1 atom stereocenters. The average Bonchev–Trinajstić information content (AvgIpc) is 2.45. The number of hydrogen-bond acceptors (Lipinski definition) is 2. The lowest BCUT2D eigenvalue weighted by Crippen LogP contribution is -2.25. The van der Waals surface area contributed by atoms with Gasteiger partial charge in [0, 0.05) is 30.4 Å². The van der Waals surface area contributed by atoms with Crippen LogP contribution in [0.1, 0.15) is 31.0 Å². The summed E-state index contributed by atoms with van der Waals surface area (Å²) >= 11 is 0. The fourth-order valence-corrected chi connectivity index (χ4v) is 2.42. The van der Waals surface area contributed by atoms with Gasteiger partial charge in [0.2, 0.25) is 0 Å². The molecule has 106 valence electrons. The summed E-state index contributed by atoms with van der Waals surface area (Å²) in [4.78, 5) is 2.15. The fourth-order valence-electron chi connectivity index (χ4n) is 2.42. The van der Waals surface area contributed by atoms with Crippen LogP contribution in [0.2, 0.25) is 0 Å². The molecule has 0 saturated heterocycles. The van der Waals surface area contributed by atoms with Gasteiger partial charge in [0.1, 0.15) is 5.82 Å². The summed E-state index contributed by atoms with van der Waals surface area (Å²) in [6.45, 7) is 5.44. The van der Waals surface area contributed by atoms with E-state index in [9.17, 15) is 4.39 Å². The fraction of sp³-hybridized carbons (Fsp3) is 0.294. The van der Waals surface area contributed by atoms with Gasteiger partial charge < -0.3 is 10.6 Å². The summed E-state index contributed by atoms with van der Waals surface area (Å²) in [5.41, 5.74) is 8.61. The number of anilines is 1. The Bertz CT molecular complexity index is 552. The molecule has 0 amide bonds. The largest absolute Gasteiger partial charge is 0.367 e. The minimum atomic E-state index is -0.323. The summed E-state index contributed by atoms with van der Waals surface area (Å²) in [5.74, 6) is -0.232. The van der Waals surface area contributed by atoms with Crippen molar-refractivity contribution in [1.29, 1.82) is 0 Å². The van der Waals surface area contributed by atoms with E-state index in [1.54, 1.807) is 6.07 Å². The van der Waals surface area contributed by atoms with Gasteiger partial charge in [0.05, 0.1) is 0 Å². The van der Waals surface area contributed by atoms with Crippen LogP contribution in [-0.4, -0.2) is 6.54 Å². The van der Waals surface area contributed by atoms with Crippen molar-refractivity contribution in [2.45, 2.75) is 26.4 Å². The van der Waals surface area contributed by atoms with Gasteiger partial charge >= 0.3 is 0 Å². The first-order valence-corrected chi connectivity index (χ1v) is 6.96. The normalized spacial score (nSPS) is 12.2. The van der Waals surface area contributed by atoms with Gasteiger partial charge in [-0.05, 0) is 31.5 Å². The van der Waals surface area contributed by atoms with Crippen LogP contribution in [0.15, 0.2) is 48.5 Å². The molecule has 0 radical (unpaired) electrons. The van der Waals surface area contributed by atoms with Gasteiger partial charge in [-0.1, -0.05) is 36.4 Å². The second-order valence-electron chi connectivity index (χ2n) is 4.96. The minimum Gasteiger partial charge on any atom is -0.367 e. The van der Waals surface area contributed by atoms with Crippen molar-refractivity contribution in [2.75, 3.05) is 11.4 Å². The molecule has 3 heteroatoms. The van der Waals surface area contributed by atoms with E-state index in [1.165, 1.54) is 11.6 Å². The van der Waals surface area contributed by atoms with Crippen molar-refractivity contribution in [3.63, 3.8) is 0 Å². The highest BCUT2D eigenvalue weighted by atomic mass is 19.1. The molecule has 20 heavy (non-hydrogen) atoms. The summed E-state index contributed by atoms with van der Waals surface area (Å²) in [6, 6.07) is 15.0. The Morgan fingerprint density at radius 3 is 2.40 bits per heavy atom. The molecule has 0 aliphatic rings. The van der Waals surface area contributed by atoms with E-state index >= 15 is 0 Å². The molecule has 0 fully saturated rings. The molecule has 0 aliphatic carbocycles. The standard InChI is InChI=1S/C17H21FN2/c1-3-20(12-14-8-5-4-6-9-14)16-11-7-10-15(18)17(16)13(2)19/h4-11,13H,3,12,19H2,1-2H3/t13-/m0/s1. The molecule has 0 unspecified atom stereocenters. The van der Waals surface area contributed by atoms with Gasteiger partial charge in [-0.15, -0.1) is 0 Å². The van der Waals surface area contributed by atoms with E-state index < -0.39 is 0 Å². The van der Waals surface area contributed by atoms with Crippen molar-refractivity contribution in [3.05, 3.63) is 65.5 Å². The Balaban J connectivity index is 2.35. The number of benzene rings is 2. The second kappa shape index (κ2) is 6.53. The van der Waals surface area contributed by atoms with E-state index in [4.69, 9.17) is 5.73 Å². The highest BCUT2D eigenvalue weighted by Gasteiger charge is 2.16. The first-order chi connectivity index (χ1) is 9.63. The van der Waals surface area contributed by atoms with Crippen LogP contribution in [0, 0.1) is 5.82 Å². The van der Waals surface area contributed by atoms with Gasteiger partial charge in [-0.2, -0.15) is 0 Å². The molecule has 0 bridgehead atoms. The minimum absolute atomic E-state index is 0.232. The lowest BCUT2D eigenvalue weighted by molar-refractivity contribution is 0.591. The van der Waals surface area contributed by atoms with Crippen LogP contribution in [0.5, 0.6) is 0 Å². The Hall–Kier alpha value is -1.87. The van der Waals surface area contributed by atoms with Gasteiger partial charge in [0.25, 0.3) is 0 Å². The predicted octanol–water partition coefficient (Wildman–Crippen LogP) is 3.87. The predicted molar refractivity (Wildman–Crippen MR) is 82.2 cm³/mol. The quantitative estimate of drug-likeness (QED) is 0.895. The molecule has 0 saturated carbocycles. The molecule has 0 aliphatic heterocycles. The molecule has 2 aromatic rings. The molecular formula is C17H21FN2. The van der Waals surface area contributed by atoms with E-state index in [1.807, 2.05) is 31.2 Å². The summed E-state index contributed by atoms with van der Waals surface area (Å²) in [6.07, 6.45) is 0. The summed E-state index contributed by atoms with van der Waals surface area (Å²) < 4.78 is 14.0. The van der Waals surface area contributed by atoms with Crippen molar-refractivity contribution in [2.24, 2.45) is 5.73 Å². The van der Waals surface area contributed by atoms with Gasteiger partial charge in [-0.3, -0.25) is 0 Å². The third-order valence-electron chi connectivity index (χ3n) is 3.42. The lowest BCUT2D eigenvalue weighted by Gasteiger charge is -2.27. The Morgan fingerprint density at radius 2 is 1.80 bits per heavy atom. The summed E-state index contributed by atoms with van der Waals surface area (Å²) in [5, 5.41) is 0. The molecule has 2 N–H and O–H groups in total. The number of rotatable bonds is 5. The van der Waals surface area contributed by atoms with Gasteiger partial charge in [-0.25, -0.2) is 4.39 Å². The van der Waals surface area contributed by atoms with Crippen LogP contribution in [0.3, 0.4) is 0 Å². The molecule has 2 rings (SSSR count). The van der Waals surface area contributed by atoms with Crippen LogP contribution >= 0.6 is 0 Å². The molecule has 2 aromatic carbocycles. The van der Waals surface area contributed by atoms with E-state index in [-0.39, 0.29) is 11.9 Å². The maximum absolute atomic E-state index is 14.0. The Labute approximate surface area is 120 Å². The third-order valence-corrected chi connectivity index (χ3v) is 3.42. The number of hydrogen-bond donors (Lipinski definition) is 1. The monoisotopic (exact) mass is 272 g/mol.